The highest BCUT2D eigenvalue weighted by Gasteiger charge is 2.28. The molecule has 0 saturated carbocycles. The Balaban J connectivity index is 1.88. The van der Waals surface area contributed by atoms with Gasteiger partial charge in [0.05, 0.1) is 23.2 Å². The van der Waals surface area contributed by atoms with Crippen molar-refractivity contribution in [2.24, 2.45) is 0 Å². The van der Waals surface area contributed by atoms with Gasteiger partial charge in [0.15, 0.2) is 0 Å². The van der Waals surface area contributed by atoms with Crippen LogP contribution >= 0.6 is 0 Å². The van der Waals surface area contributed by atoms with Crippen LogP contribution in [0.3, 0.4) is 0 Å². The average Bonchev–Trinajstić information content (AvgIpc) is 3.14. The lowest BCUT2D eigenvalue weighted by Crippen LogP contribution is -2.42. The zero-order chi connectivity index (χ0) is 19.4. The molecule has 27 heavy (non-hydrogen) atoms. The summed E-state index contributed by atoms with van der Waals surface area (Å²) in [4.78, 5) is 2.28. The van der Waals surface area contributed by atoms with Crippen LogP contribution in [-0.4, -0.2) is 50.7 Å². The zero-order valence-electron chi connectivity index (χ0n) is 15.4. The van der Waals surface area contributed by atoms with Crippen molar-refractivity contribution in [1.82, 2.24) is 4.90 Å². The van der Waals surface area contributed by atoms with Crippen LogP contribution in [0.2, 0.25) is 0 Å². The largest absolute Gasteiger partial charge is 0.390 e. The molecule has 1 unspecified atom stereocenters. The Hall–Kier alpha value is -1.96. The summed E-state index contributed by atoms with van der Waals surface area (Å²) in [6.07, 6.45) is 1.35. The number of anilines is 1. The summed E-state index contributed by atoms with van der Waals surface area (Å²) < 4.78 is 40.9. The maximum atomic E-state index is 13.3. The zero-order valence-corrected chi connectivity index (χ0v) is 16.2. The number of aliphatic hydroxyl groups is 1. The number of halogens is 1. The van der Waals surface area contributed by atoms with E-state index in [1.807, 2.05) is 6.92 Å². The van der Waals surface area contributed by atoms with Gasteiger partial charge in [-0.2, -0.15) is 0 Å². The summed E-state index contributed by atoms with van der Waals surface area (Å²) in [5.41, 5.74) is 1.29. The van der Waals surface area contributed by atoms with Gasteiger partial charge in [0.25, 0.3) is 10.0 Å². The van der Waals surface area contributed by atoms with Gasteiger partial charge >= 0.3 is 0 Å². The smallest absolute Gasteiger partial charge is 0.264 e. The monoisotopic (exact) mass is 392 g/mol. The first-order valence-electron chi connectivity index (χ1n) is 9.11. The highest BCUT2D eigenvalue weighted by Crippen LogP contribution is 2.25. The Morgan fingerprint density at radius 3 is 2.26 bits per heavy atom. The molecule has 0 aromatic heterocycles. The van der Waals surface area contributed by atoms with Crippen molar-refractivity contribution in [3.05, 3.63) is 59.9 Å². The number of rotatable bonds is 7. The van der Waals surface area contributed by atoms with E-state index in [1.54, 1.807) is 24.3 Å². The van der Waals surface area contributed by atoms with E-state index in [9.17, 15) is 17.9 Å². The number of nitrogens with zero attached hydrogens (tertiary/aromatic N) is 2. The molecule has 0 bridgehead atoms. The molecular weight excluding hydrogens is 367 g/mol. The van der Waals surface area contributed by atoms with Crippen LogP contribution in [0, 0.1) is 12.7 Å². The highest BCUT2D eigenvalue weighted by atomic mass is 32.2. The van der Waals surface area contributed by atoms with Crippen molar-refractivity contribution in [3.8, 4) is 0 Å². The minimum absolute atomic E-state index is 0.0850. The van der Waals surface area contributed by atoms with E-state index in [4.69, 9.17) is 0 Å². The molecule has 1 aliphatic heterocycles. The molecule has 0 spiro atoms. The Morgan fingerprint density at radius 2 is 1.67 bits per heavy atom. The number of likely N-dealkylation sites (tertiary alicyclic amines) is 1. The molecule has 7 heteroatoms. The summed E-state index contributed by atoms with van der Waals surface area (Å²) in [6.45, 7) is 4.05. The molecule has 0 radical (unpaired) electrons. The molecule has 1 N–H and O–H groups in total. The lowest BCUT2D eigenvalue weighted by molar-refractivity contribution is 0.132. The minimum atomic E-state index is -3.88. The van der Waals surface area contributed by atoms with Gasteiger partial charge in [-0.25, -0.2) is 12.8 Å². The molecule has 146 valence electrons. The molecule has 1 heterocycles. The molecule has 1 saturated heterocycles. The van der Waals surface area contributed by atoms with Gasteiger partial charge in [0.2, 0.25) is 0 Å². The molecule has 5 nitrogen and oxygen atoms in total. The van der Waals surface area contributed by atoms with Crippen molar-refractivity contribution in [2.75, 3.05) is 30.5 Å². The molecule has 0 amide bonds. The third-order valence-electron chi connectivity index (χ3n) is 4.77. The molecule has 2 aromatic rings. The second-order valence-electron chi connectivity index (χ2n) is 6.99. The van der Waals surface area contributed by atoms with E-state index >= 15 is 0 Å². The predicted octanol–water partition coefficient (Wildman–Crippen LogP) is 2.79. The number of benzene rings is 2. The fraction of sp³-hybridized carbons (Fsp3) is 0.400. The van der Waals surface area contributed by atoms with E-state index in [0.29, 0.717) is 12.2 Å². The van der Waals surface area contributed by atoms with Crippen molar-refractivity contribution in [2.45, 2.75) is 30.8 Å². The van der Waals surface area contributed by atoms with E-state index in [0.717, 1.165) is 35.8 Å². The first-order valence-corrected chi connectivity index (χ1v) is 10.6. The summed E-state index contributed by atoms with van der Waals surface area (Å²) in [7, 11) is -3.88. The predicted molar refractivity (Wildman–Crippen MR) is 104 cm³/mol. The molecule has 2 aromatic carbocycles. The first kappa shape index (κ1) is 19.8. The number of sulfonamides is 1. The Labute approximate surface area is 160 Å². The summed E-state index contributed by atoms with van der Waals surface area (Å²) in [5.74, 6) is -0.441. The standard InChI is InChI=1S/C20H25FN2O3S/c1-16-4-10-20(11-5-16)27(25,26)23(18-8-6-17(21)7-9-18)15-19(24)14-22-12-2-3-13-22/h4-11,19,24H,2-3,12-15H2,1H3. The molecule has 3 rings (SSSR count). The highest BCUT2D eigenvalue weighted by molar-refractivity contribution is 7.92. The van der Waals surface area contributed by atoms with Gasteiger partial charge < -0.3 is 10.0 Å². The third kappa shape index (κ3) is 4.86. The van der Waals surface area contributed by atoms with Gasteiger partial charge in [-0.15, -0.1) is 0 Å². The molecule has 0 aliphatic carbocycles. The Kier molecular flexibility index (Phi) is 6.14. The van der Waals surface area contributed by atoms with E-state index in [2.05, 4.69) is 4.90 Å². The van der Waals surface area contributed by atoms with Crippen molar-refractivity contribution < 1.29 is 17.9 Å². The van der Waals surface area contributed by atoms with Crippen LogP contribution in [0.15, 0.2) is 53.4 Å². The summed E-state index contributed by atoms with van der Waals surface area (Å²) in [5, 5.41) is 10.5. The summed E-state index contributed by atoms with van der Waals surface area (Å²) in [6, 6.07) is 11.8. The fourth-order valence-corrected chi connectivity index (χ4v) is 4.80. The van der Waals surface area contributed by atoms with Gasteiger partial charge in [-0.1, -0.05) is 17.7 Å². The number of β-amino-alcohol motifs (C(OH)–C–C–N with tert-alkyl or cyclic N) is 1. The van der Waals surface area contributed by atoms with Crippen LogP contribution in [0.4, 0.5) is 10.1 Å². The van der Waals surface area contributed by atoms with Crippen molar-refractivity contribution in [3.63, 3.8) is 0 Å². The van der Waals surface area contributed by atoms with Crippen LogP contribution in [0.5, 0.6) is 0 Å². The minimum Gasteiger partial charge on any atom is -0.390 e. The van der Waals surface area contributed by atoms with E-state index < -0.39 is 21.9 Å². The molecule has 1 atom stereocenters. The second-order valence-corrected chi connectivity index (χ2v) is 8.85. The van der Waals surface area contributed by atoms with Crippen molar-refractivity contribution >= 4 is 15.7 Å². The van der Waals surface area contributed by atoms with Crippen LogP contribution < -0.4 is 4.31 Å². The maximum Gasteiger partial charge on any atom is 0.264 e. The number of hydrogen-bond donors (Lipinski definition) is 1. The maximum absolute atomic E-state index is 13.3. The second kappa shape index (κ2) is 8.37. The molecule has 1 aliphatic rings. The topological polar surface area (TPSA) is 60.9 Å². The van der Waals surface area contributed by atoms with Crippen molar-refractivity contribution in [1.29, 1.82) is 0 Å². The van der Waals surface area contributed by atoms with Crippen LogP contribution in [0.1, 0.15) is 18.4 Å². The Bertz CT molecular complexity index is 848. The third-order valence-corrected chi connectivity index (χ3v) is 6.58. The average molecular weight is 392 g/mol. The van der Waals surface area contributed by atoms with E-state index in [1.165, 1.54) is 24.3 Å². The van der Waals surface area contributed by atoms with Gasteiger partial charge in [-0.3, -0.25) is 4.31 Å². The summed E-state index contributed by atoms with van der Waals surface area (Å²) >= 11 is 0. The number of hydrogen-bond acceptors (Lipinski definition) is 4. The lowest BCUT2D eigenvalue weighted by Gasteiger charge is -2.28. The quantitative estimate of drug-likeness (QED) is 0.787. The molecule has 1 fully saturated rings. The first-order chi connectivity index (χ1) is 12.9. The van der Waals surface area contributed by atoms with Gasteiger partial charge in [0.1, 0.15) is 5.82 Å². The van der Waals surface area contributed by atoms with Crippen LogP contribution in [0.25, 0.3) is 0 Å². The van der Waals surface area contributed by atoms with Crippen LogP contribution in [-0.2, 0) is 10.0 Å². The van der Waals surface area contributed by atoms with Gasteiger partial charge in [0, 0.05) is 6.54 Å². The fourth-order valence-electron chi connectivity index (χ4n) is 3.30. The number of aliphatic hydroxyl groups excluding tert-OH is 1. The lowest BCUT2D eigenvalue weighted by atomic mass is 10.2. The Morgan fingerprint density at radius 1 is 1.07 bits per heavy atom. The normalized spacial score (nSPS) is 16.4. The van der Waals surface area contributed by atoms with E-state index in [-0.39, 0.29) is 11.4 Å². The SMILES string of the molecule is Cc1ccc(S(=O)(=O)N(CC(O)CN2CCCC2)c2ccc(F)cc2)cc1. The number of aryl methyl sites for hydroxylation is 1. The van der Waals surface area contributed by atoms with Gasteiger partial charge in [-0.05, 0) is 69.3 Å². The molecular formula is C20H25FN2O3S.